The van der Waals surface area contributed by atoms with Crippen molar-refractivity contribution in [3.8, 4) is 0 Å². The molecule has 0 bridgehead atoms. The van der Waals surface area contributed by atoms with Crippen molar-refractivity contribution < 1.29 is 13.9 Å². The van der Waals surface area contributed by atoms with E-state index < -0.39 is 5.79 Å². The first-order chi connectivity index (χ1) is 11.1. The largest absolute Gasteiger partial charge is 0.455 e. The number of fused-ring (bicyclic) bond motifs is 1. The number of aromatic amines is 1. The topological polar surface area (TPSA) is 73.2 Å². The van der Waals surface area contributed by atoms with Crippen LogP contribution in [0, 0.1) is 0 Å². The van der Waals surface area contributed by atoms with Crippen LogP contribution in [0.5, 0.6) is 0 Å². The Bertz CT molecular complexity index is 820. The number of ether oxygens (including phenoxy) is 2. The van der Waals surface area contributed by atoms with E-state index in [2.05, 4.69) is 15.2 Å². The minimum atomic E-state index is -1.02. The number of benzene rings is 1. The van der Waals surface area contributed by atoms with Crippen molar-refractivity contribution in [2.45, 2.75) is 38.3 Å². The Hall–Kier alpha value is -1.89. The maximum Gasteiger partial charge on any atom is 0.236 e. The molecule has 1 saturated heterocycles. The molecular weight excluding hydrogens is 318 g/mol. The molecule has 0 amide bonds. The monoisotopic (exact) mass is 333 g/mol. The summed E-state index contributed by atoms with van der Waals surface area (Å²) in [6.07, 6.45) is 1.72. The van der Waals surface area contributed by atoms with E-state index in [1.165, 1.54) is 6.33 Å². The first-order valence-electron chi connectivity index (χ1n) is 7.45. The summed E-state index contributed by atoms with van der Waals surface area (Å²) in [5.74, 6) is 0.247. The van der Waals surface area contributed by atoms with Gasteiger partial charge in [0.15, 0.2) is 5.76 Å². The van der Waals surface area contributed by atoms with Crippen molar-refractivity contribution in [2.24, 2.45) is 0 Å². The lowest BCUT2D eigenvalue weighted by Crippen LogP contribution is -2.31. The van der Waals surface area contributed by atoms with Gasteiger partial charge in [0.05, 0.1) is 18.6 Å². The molecule has 4 rings (SSSR count). The molecule has 2 aromatic heterocycles. The Morgan fingerprint density at radius 2 is 2.00 bits per heavy atom. The van der Waals surface area contributed by atoms with Gasteiger partial charge in [-0.3, -0.25) is 5.10 Å². The summed E-state index contributed by atoms with van der Waals surface area (Å²) in [5, 5.41) is 8.30. The average molecular weight is 334 g/mol. The van der Waals surface area contributed by atoms with Crippen LogP contribution in [0.3, 0.4) is 0 Å². The number of nitrogens with one attached hydrogen (secondary N) is 1. The summed E-state index contributed by atoms with van der Waals surface area (Å²) >= 11 is 6.06. The molecule has 1 aliphatic rings. The van der Waals surface area contributed by atoms with Crippen molar-refractivity contribution >= 4 is 22.6 Å². The fourth-order valence-electron chi connectivity index (χ4n) is 2.84. The van der Waals surface area contributed by atoms with Gasteiger partial charge in [0.2, 0.25) is 5.79 Å². The molecule has 120 valence electrons. The van der Waals surface area contributed by atoms with Crippen LogP contribution in [0.1, 0.15) is 25.4 Å². The molecule has 1 fully saturated rings. The number of nitrogens with zero attached hydrogens (tertiary/aromatic N) is 2. The Morgan fingerprint density at radius 1 is 1.22 bits per heavy atom. The molecule has 7 heteroatoms. The van der Waals surface area contributed by atoms with Gasteiger partial charge in [0, 0.05) is 10.4 Å². The van der Waals surface area contributed by atoms with Gasteiger partial charge >= 0.3 is 0 Å². The lowest BCUT2D eigenvalue weighted by atomic mass is 10.1. The zero-order valence-electron chi connectivity index (χ0n) is 12.7. The second-order valence-corrected chi connectivity index (χ2v) is 6.24. The third-order valence-corrected chi connectivity index (χ3v) is 4.37. The van der Waals surface area contributed by atoms with E-state index in [4.69, 9.17) is 25.5 Å². The Kier molecular flexibility index (Phi) is 3.41. The smallest absolute Gasteiger partial charge is 0.236 e. The zero-order chi connectivity index (χ0) is 16.0. The van der Waals surface area contributed by atoms with Gasteiger partial charge in [-0.15, -0.1) is 0 Å². The van der Waals surface area contributed by atoms with E-state index in [0.29, 0.717) is 23.0 Å². The van der Waals surface area contributed by atoms with Gasteiger partial charge in [0.25, 0.3) is 0 Å². The van der Waals surface area contributed by atoms with Gasteiger partial charge in [0.1, 0.15) is 17.7 Å². The summed E-state index contributed by atoms with van der Waals surface area (Å²) in [6, 6.07) is 7.39. The van der Waals surface area contributed by atoms with Crippen LogP contribution >= 0.6 is 11.6 Å². The van der Waals surface area contributed by atoms with Crippen molar-refractivity contribution in [3.63, 3.8) is 0 Å². The van der Waals surface area contributed by atoms with Crippen LogP contribution < -0.4 is 0 Å². The average Bonchev–Trinajstić information content (AvgIpc) is 3.20. The molecule has 2 atom stereocenters. The number of hydrogen-bond donors (Lipinski definition) is 1. The number of halogens is 1. The Balaban J connectivity index is 1.80. The highest BCUT2D eigenvalue weighted by Crippen LogP contribution is 2.42. The molecule has 3 heterocycles. The normalized spacial score (nSPS) is 27.8. The molecule has 1 aliphatic heterocycles. The summed E-state index contributed by atoms with van der Waals surface area (Å²) in [7, 11) is 0. The minimum Gasteiger partial charge on any atom is -0.455 e. The molecule has 6 nitrogen and oxygen atoms in total. The summed E-state index contributed by atoms with van der Waals surface area (Å²) in [4.78, 5) is 4.18. The van der Waals surface area contributed by atoms with Crippen molar-refractivity contribution in [1.82, 2.24) is 15.2 Å². The Labute approximate surface area is 137 Å². The standard InChI is InChI=1S/C16H16ClN3O3/c1-9-10(2)23-16(22-9,7-15-18-8-19-20-15)14-6-11-5-12(17)3-4-13(11)21-14/h3-6,8-10H,7H2,1-2H3,(H,18,19,20). The van der Waals surface area contributed by atoms with Crippen molar-refractivity contribution in [3.05, 3.63) is 47.2 Å². The Morgan fingerprint density at radius 3 is 2.70 bits per heavy atom. The minimum absolute atomic E-state index is 0.0604. The van der Waals surface area contributed by atoms with Crippen molar-refractivity contribution in [1.29, 1.82) is 0 Å². The molecule has 0 saturated carbocycles. The van der Waals surface area contributed by atoms with E-state index in [9.17, 15) is 0 Å². The molecule has 1 aromatic carbocycles. The van der Waals surface area contributed by atoms with E-state index in [-0.39, 0.29) is 12.2 Å². The number of hydrogen-bond acceptors (Lipinski definition) is 5. The maximum atomic E-state index is 6.14. The molecule has 0 radical (unpaired) electrons. The van der Waals surface area contributed by atoms with Gasteiger partial charge in [-0.05, 0) is 38.1 Å². The second kappa shape index (κ2) is 5.33. The zero-order valence-corrected chi connectivity index (χ0v) is 13.5. The van der Waals surface area contributed by atoms with E-state index in [0.717, 1.165) is 11.0 Å². The third-order valence-electron chi connectivity index (χ3n) is 4.13. The predicted octanol–water partition coefficient (Wildman–Crippen LogP) is 3.42. The van der Waals surface area contributed by atoms with Gasteiger partial charge in [-0.2, -0.15) is 5.10 Å². The molecule has 3 aromatic rings. The van der Waals surface area contributed by atoms with Gasteiger partial charge in [-0.1, -0.05) is 11.6 Å². The number of rotatable bonds is 3. The highest BCUT2D eigenvalue weighted by Gasteiger charge is 2.49. The van der Waals surface area contributed by atoms with E-state index in [1.807, 2.05) is 32.0 Å². The number of aromatic nitrogens is 3. The lowest BCUT2D eigenvalue weighted by molar-refractivity contribution is -0.193. The molecule has 2 unspecified atom stereocenters. The fraction of sp³-hybridized carbons (Fsp3) is 0.375. The van der Waals surface area contributed by atoms with Crippen molar-refractivity contribution in [2.75, 3.05) is 0 Å². The third kappa shape index (κ3) is 2.52. The molecule has 0 aliphatic carbocycles. The lowest BCUT2D eigenvalue weighted by Gasteiger charge is -2.24. The summed E-state index contributed by atoms with van der Waals surface area (Å²) in [6.45, 7) is 3.96. The first kappa shape index (κ1) is 14.7. The number of H-pyrrole nitrogens is 1. The highest BCUT2D eigenvalue weighted by molar-refractivity contribution is 6.31. The fourth-order valence-corrected chi connectivity index (χ4v) is 3.03. The highest BCUT2D eigenvalue weighted by atomic mass is 35.5. The van der Waals surface area contributed by atoms with Crippen LogP contribution in [0.25, 0.3) is 11.0 Å². The molecule has 23 heavy (non-hydrogen) atoms. The summed E-state index contributed by atoms with van der Waals surface area (Å²) in [5.41, 5.74) is 0.737. The second-order valence-electron chi connectivity index (χ2n) is 5.80. The van der Waals surface area contributed by atoms with Crippen LogP contribution in [0.4, 0.5) is 0 Å². The number of furan rings is 1. The van der Waals surface area contributed by atoms with Crippen LogP contribution in [-0.4, -0.2) is 27.4 Å². The quantitative estimate of drug-likeness (QED) is 0.795. The van der Waals surface area contributed by atoms with Gasteiger partial charge in [-0.25, -0.2) is 4.98 Å². The maximum absolute atomic E-state index is 6.14. The SMILES string of the molecule is CC1OC(Cc2ncn[nH]2)(c2cc3cc(Cl)ccc3o2)OC1C. The summed E-state index contributed by atoms with van der Waals surface area (Å²) < 4.78 is 18.3. The predicted molar refractivity (Wildman–Crippen MR) is 84.1 cm³/mol. The van der Waals surface area contributed by atoms with Crippen LogP contribution in [0.2, 0.25) is 5.02 Å². The van der Waals surface area contributed by atoms with E-state index >= 15 is 0 Å². The molecular formula is C16H16ClN3O3. The van der Waals surface area contributed by atoms with Crippen LogP contribution in [0.15, 0.2) is 35.0 Å². The van der Waals surface area contributed by atoms with Crippen LogP contribution in [-0.2, 0) is 21.7 Å². The van der Waals surface area contributed by atoms with Gasteiger partial charge < -0.3 is 13.9 Å². The van der Waals surface area contributed by atoms with E-state index in [1.54, 1.807) is 6.07 Å². The molecule has 1 N–H and O–H groups in total. The molecule has 0 spiro atoms. The first-order valence-corrected chi connectivity index (χ1v) is 7.83.